The molecule has 0 aliphatic carbocycles. The quantitative estimate of drug-likeness (QED) is 0.643. The van der Waals surface area contributed by atoms with Crippen molar-refractivity contribution in [2.45, 2.75) is 33.3 Å². The van der Waals surface area contributed by atoms with Gasteiger partial charge in [0.2, 0.25) is 0 Å². The van der Waals surface area contributed by atoms with Crippen molar-refractivity contribution in [1.29, 1.82) is 5.41 Å². The largest absolute Gasteiger partial charge is 0.489 e. The average molecular weight is 282 g/mol. The summed E-state index contributed by atoms with van der Waals surface area (Å²) in [6, 6.07) is 14.0. The second-order valence-corrected chi connectivity index (χ2v) is 5.57. The van der Waals surface area contributed by atoms with Crippen LogP contribution in [0.25, 0.3) is 0 Å². The van der Waals surface area contributed by atoms with Crippen molar-refractivity contribution in [3.05, 3.63) is 64.7 Å². The number of nitrogens with one attached hydrogen (secondary N) is 1. The molecule has 0 aromatic heterocycles. The summed E-state index contributed by atoms with van der Waals surface area (Å²) in [5, 5.41) is 7.44. The average Bonchev–Trinajstić information content (AvgIpc) is 2.46. The molecule has 0 atom stereocenters. The maximum Gasteiger partial charge on any atom is 0.122 e. The summed E-state index contributed by atoms with van der Waals surface area (Å²) in [5.41, 5.74) is 9.73. The molecule has 0 spiro atoms. The summed E-state index contributed by atoms with van der Waals surface area (Å²) in [4.78, 5) is 0. The van der Waals surface area contributed by atoms with Crippen LogP contribution in [0.4, 0.5) is 0 Å². The van der Waals surface area contributed by atoms with Gasteiger partial charge in [-0.3, -0.25) is 5.41 Å². The molecule has 0 unspecified atom stereocenters. The normalized spacial score (nSPS) is 10.7. The van der Waals surface area contributed by atoms with Gasteiger partial charge in [-0.05, 0) is 47.7 Å². The lowest BCUT2D eigenvalue weighted by Crippen LogP contribution is -2.11. The van der Waals surface area contributed by atoms with E-state index in [9.17, 15) is 0 Å². The molecular formula is C18H22N2O. The lowest BCUT2D eigenvalue weighted by atomic mass is 10.0. The van der Waals surface area contributed by atoms with Gasteiger partial charge in [0, 0.05) is 5.56 Å². The Hall–Kier alpha value is -2.29. The summed E-state index contributed by atoms with van der Waals surface area (Å²) in [7, 11) is 0. The number of amidine groups is 1. The zero-order chi connectivity index (χ0) is 15.4. The van der Waals surface area contributed by atoms with Gasteiger partial charge in [-0.1, -0.05) is 38.1 Å². The highest BCUT2D eigenvalue weighted by atomic mass is 16.5. The number of hydrogen-bond donors (Lipinski definition) is 2. The zero-order valence-electron chi connectivity index (χ0n) is 12.8. The van der Waals surface area contributed by atoms with Gasteiger partial charge >= 0.3 is 0 Å². The molecule has 21 heavy (non-hydrogen) atoms. The van der Waals surface area contributed by atoms with E-state index in [0.717, 1.165) is 22.4 Å². The molecule has 0 fully saturated rings. The molecule has 110 valence electrons. The first-order chi connectivity index (χ1) is 9.97. The lowest BCUT2D eigenvalue weighted by Gasteiger charge is -2.11. The highest BCUT2D eigenvalue weighted by Gasteiger charge is 2.04. The van der Waals surface area contributed by atoms with E-state index in [4.69, 9.17) is 15.9 Å². The van der Waals surface area contributed by atoms with Crippen LogP contribution in [-0.4, -0.2) is 5.84 Å². The third-order valence-corrected chi connectivity index (χ3v) is 3.59. The number of nitrogens with two attached hydrogens (primary N) is 1. The third-order valence-electron chi connectivity index (χ3n) is 3.59. The predicted molar refractivity (Wildman–Crippen MR) is 87.1 cm³/mol. The van der Waals surface area contributed by atoms with E-state index in [2.05, 4.69) is 26.0 Å². The number of nitrogen functional groups attached to an aromatic ring is 1. The van der Waals surface area contributed by atoms with Gasteiger partial charge in [0.25, 0.3) is 0 Å². The second kappa shape index (κ2) is 6.44. The van der Waals surface area contributed by atoms with Gasteiger partial charge in [0.1, 0.15) is 18.2 Å². The first-order valence-electron chi connectivity index (χ1n) is 7.14. The molecule has 3 N–H and O–H groups in total. The summed E-state index contributed by atoms with van der Waals surface area (Å²) in [6.07, 6.45) is 0. The van der Waals surface area contributed by atoms with E-state index in [1.807, 2.05) is 37.3 Å². The van der Waals surface area contributed by atoms with Crippen LogP contribution < -0.4 is 10.5 Å². The molecule has 0 saturated carbocycles. The highest BCUT2D eigenvalue weighted by molar-refractivity contribution is 5.95. The van der Waals surface area contributed by atoms with E-state index >= 15 is 0 Å². The number of aryl methyl sites for hydroxylation is 1. The Bertz CT molecular complexity index is 630. The number of hydrogen-bond acceptors (Lipinski definition) is 2. The molecule has 2 aromatic carbocycles. The van der Waals surface area contributed by atoms with E-state index in [1.54, 1.807) is 0 Å². The van der Waals surface area contributed by atoms with Crippen molar-refractivity contribution in [3.63, 3.8) is 0 Å². The van der Waals surface area contributed by atoms with Gasteiger partial charge in [-0.15, -0.1) is 0 Å². The summed E-state index contributed by atoms with van der Waals surface area (Å²) in [6.45, 7) is 6.88. The van der Waals surface area contributed by atoms with Crippen molar-refractivity contribution in [2.75, 3.05) is 0 Å². The number of benzene rings is 2. The Kier molecular flexibility index (Phi) is 4.63. The molecule has 0 bridgehead atoms. The van der Waals surface area contributed by atoms with E-state index in [0.29, 0.717) is 12.5 Å². The third kappa shape index (κ3) is 3.85. The molecular weight excluding hydrogens is 260 g/mol. The Morgan fingerprint density at radius 1 is 1.14 bits per heavy atom. The minimum absolute atomic E-state index is 0.0924. The van der Waals surface area contributed by atoms with Gasteiger partial charge < -0.3 is 10.5 Å². The molecule has 3 heteroatoms. The molecule has 0 heterocycles. The van der Waals surface area contributed by atoms with Gasteiger partial charge in [0.05, 0.1) is 0 Å². The Balaban J connectivity index is 2.04. The van der Waals surface area contributed by atoms with Gasteiger partial charge in [-0.2, -0.15) is 0 Å². The first kappa shape index (κ1) is 15.1. The van der Waals surface area contributed by atoms with Crippen LogP contribution in [0.15, 0.2) is 42.5 Å². The first-order valence-corrected chi connectivity index (χ1v) is 7.14. The SMILES string of the molecule is Cc1cc(C(=N)N)ccc1COc1ccc(C(C)C)cc1. The molecule has 0 saturated heterocycles. The summed E-state index contributed by atoms with van der Waals surface area (Å²) in [5.74, 6) is 1.49. The fourth-order valence-electron chi connectivity index (χ4n) is 2.14. The molecule has 0 aliphatic rings. The van der Waals surface area contributed by atoms with Crippen molar-refractivity contribution >= 4 is 5.84 Å². The van der Waals surface area contributed by atoms with Gasteiger partial charge in [0.15, 0.2) is 0 Å². The van der Waals surface area contributed by atoms with E-state index < -0.39 is 0 Å². The Morgan fingerprint density at radius 3 is 2.33 bits per heavy atom. The number of rotatable bonds is 5. The smallest absolute Gasteiger partial charge is 0.122 e. The minimum Gasteiger partial charge on any atom is -0.489 e. The second-order valence-electron chi connectivity index (χ2n) is 5.57. The van der Waals surface area contributed by atoms with Crippen LogP contribution in [0.2, 0.25) is 0 Å². The van der Waals surface area contributed by atoms with Crippen LogP contribution in [-0.2, 0) is 6.61 Å². The van der Waals surface area contributed by atoms with Crippen molar-refractivity contribution in [2.24, 2.45) is 5.73 Å². The summed E-state index contributed by atoms with van der Waals surface area (Å²) < 4.78 is 5.82. The van der Waals surface area contributed by atoms with Crippen LogP contribution >= 0.6 is 0 Å². The molecule has 3 nitrogen and oxygen atoms in total. The van der Waals surface area contributed by atoms with Crippen LogP contribution in [0.5, 0.6) is 5.75 Å². The van der Waals surface area contributed by atoms with E-state index in [-0.39, 0.29) is 5.84 Å². The molecule has 0 radical (unpaired) electrons. The standard InChI is InChI=1S/C18H22N2O/c1-12(2)14-6-8-17(9-7-14)21-11-16-5-4-15(18(19)20)10-13(16)3/h4-10,12H,11H2,1-3H3,(H3,19,20). The molecule has 0 aliphatic heterocycles. The van der Waals surface area contributed by atoms with Crippen LogP contribution in [0.1, 0.15) is 42.0 Å². The van der Waals surface area contributed by atoms with Crippen LogP contribution in [0, 0.1) is 12.3 Å². The maximum atomic E-state index is 7.44. The number of ether oxygens (including phenoxy) is 1. The van der Waals surface area contributed by atoms with Crippen molar-refractivity contribution < 1.29 is 4.74 Å². The maximum absolute atomic E-state index is 7.44. The molecule has 2 rings (SSSR count). The Morgan fingerprint density at radius 2 is 1.81 bits per heavy atom. The van der Waals surface area contributed by atoms with Crippen molar-refractivity contribution in [3.8, 4) is 5.75 Å². The lowest BCUT2D eigenvalue weighted by molar-refractivity contribution is 0.305. The molecule has 2 aromatic rings. The fraction of sp³-hybridized carbons (Fsp3) is 0.278. The Labute approximate surface area is 126 Å². The zero-order valence-corrected chi connectivity index (χ0v) is 12.8. The monoisotopic (exact) mass is 282 g/mol. The molecule has 0 amide bonds. The fourth-order valence-corrected chi connectivity index (χ4v) is 2.14. The van der Waals surface area contributed by atoms with E-state index in [1.165, 1.54) is 5.56 Å². The highest BCUT2D eigenvalue weighted by Crippen LogP contribution is 2.20. The van der Waals surface area contributed by atoms with Crippen molar-refractivity contribution in [1.82, 2.24) is 0 Å². The van der Waals surface area contributed by atoms with Crippen LogP contribution in [0.3, 0.4) is 0 Å². The van der Waals surface area contributed by atoms with Gasteiger partial charge in [-0.25, -0.2) is 0 Å². The predicted octanol–water partition coefficient (Wildman–Crippen LogP) is 3.98. The topological polar surface area (TPSA) is 59.1 Å². The summed E-state index contributed by atoms with van der Waals surface area (Å²) >= 11 is 0. The minimum atomic E-state index is 0.0924.